The normalized spacial score (nSPS) is 13.7. The van der Waals surface area contributed by atoms with Crippen LogP contribution < -0.4 is 4.74 Å². The number of hydrogen-bond donors (Lipinski definition) is 2. The highest BCUT2D eigenvalue weighted by Gasteiger charge is 2.38. The molecule has 3 aromatic rings. The van der Waals surface area contributed by atoms with Crippen LogP contribution in [0.3, 0.4) is 0 Å². The average molecular weight is 398 g/mol. The number of hydrogen-bond acceptors (Lipinski definition) is 3. The molecule has 0 aliphatic heterocycles. The molecule has 0 saturated heterocycles. The molecule has 0 amide bonds. The predicted molar refractivity (Wildman–Crippen MR) is 108 cm³/mol. The molecule has 0 aromatic heterocycles. The van der Waals surface area contributed by atoms with E-state index in [0.29, 0.717) is 24.2 Å². The molecular formula is C22H23O5P. The van der Waals surface area contributed by atoms with Gasteiger partial charge in [0.25, 0.3) is 0 Å². The van der Waals surface area contributed by atoms with E-state index >= 15 is 0 Å². The van der Waals surface area contributed by atoms with Gasteiger partial charge in [-0.05, 0) is 35.7 Å². The van der Waals surface area contributed by atoms with Crippen molar-refractivity contribution in [3.05, 3.63) is 102 Å². The van der Waals surface area contributed by atoms with E-state index in [4.69, 9.17) is 9.26 Å². The summed E-state index contributed by atoms with van der Waals surface area (Å²) in [5.74, 6) is 0.775. The van der Waals surface area contributed by atoms with Gasteiger partial charge in [-0.1, -0.05) is 72.8 Å². The van der Waals surface area contributed by atoms with E-state index < -0.39 is 13.4 Å². The van der Waals surface area contributed by atoms with E-state index in [9.17, 15) is 14.4 Å². The maximum Gasteiger partial charge on any atom is 0.470 e. The summed E-state index contributed by atoms with van der Waals surface area (Å²) in [5.41, 5.74) is 0.957. The summed E-state index contributed by atoms with van der Waals surface area (Å²) < 4.78 is 22.9. The number of rotatable bonds is 8. The number of para-hydroxylation sites is 1. The minimum Gasteiger partial charge on any atom is -0.493 e. The van der Waals surface area contributed by atoms with Gasteiger partial charge in [0.05, 0.1) is 6.61 Å². The summed E-state index contributed by atoms with van der Waals surface area (Å²) in [4.78, 5) is 19.1. The smallest absolute Gasteiger partial charge is 0.470 e. The Morgan fingerprint density at radius 2 is 1.43 bits per heavy atom. The third-order valence-electron chi connectivity index (χ3n) is 4.54. The summed E-state index contributed by atoms with van der Waals surface area (Å²) in [7, 11) is -4.74. The van der Waals surface area contributed by atoms with Crippen LogP contribution in [-0.2, 0) is 21.1 Å². The van der Waals surface area contributed by atoms with Crippen molar-refractivity contribution in [2.45, 2.75) is 18.9 Å². The fraction of sp³-hybridized carbons (Fsp3) is 0.182. The summed E-state index contributed by atoms with van der Waals surface area (Å²) in [6.45, 7) is 2.11. The second-order valence-electron chi connectivity index (χ2n) is 6.55. The first-order chi connectivity index (χ1) is 13.4. The minimum atomic E-state index is -4.74. The van der Waals surface area contributed by atoms with Gasteiger partial charge in [0.1, 0.15) is 11.4 Å². The molecule has 1 unspecified atom stereocenters. The van der Waals surface area contributed by atoms with Crippen molar-refractivity contribution >= 4 is 7.82 Å². The number of benzene rings is 3. The summed E-state index contributed by atoms with van der Waals surface area (Å²) >= 11 is 0. The van der Waals surface area contributed by atoms with Crippen LogP contribution in [0.5, 0.6) is 5.75 Å². The van der Waals surface area contributed by atoms with Crippen LogP contribution >= 0.6 is 7.82 Å². The lowest BCUT2D eigenvalue weighted by Crippen LogP contribution is -2.28. The van der Waals surface area contributed by atoms with Gasteiger partial charge in [-0.15, -0.1) is 0 Å². The van der Waals surface area contributed by atoms with E-state index in [1.807, 2.05) is 72.8 Å². The molecule has 0 saturated carbocycles. The van der Waals surface area contributed by atoms with Crippen molar-refractivity contribution in [2.24, 2.45) is 0 Å². The molecule has 28 heavy (non-hydrogen) atoms. The van der Waals surface area contributed by atoms with Gasteiger partial charge in [0.15, 0.2) is 0 Å². The SMILES string of the molecule is CC(OP(=O)(O)O)(c1ccccc1)c1ccccc1CCOc1ccccc1. The maximum atomic E-state index is 11.8. The first kappa shape index (κ1) is 20.3. The molecule has 0 bridgehead atoms. The highest BCUT2D eigenvalue weighted by atomic mass is 31.2. The average Bonchev–Trinajstić information content (AvgIpc) is 2.68. The van der Waals surface area contributed by atoms with Crippen molar-refractivity contribution in [3.63, 3.8) is 0 Å². The molecule has 5 nitrogen and oxygen atoms in total. The molecule has 6 heteroatoms. The van der Waals surface area contributed by atoms with Crippen LogP contribution in [0.15, 0.2) is 84.9 Å². The molecular weight excluding hydrogens is 375 g/mol. The van der Waals surface area contributed by atoms with Crippen LogP contribution in [0, 0.1) is 0 Å². The van der Waals surface area contributed by atoms with Crippen molar-refractivity contribution in [2.75, 3.05) is 6.61 Å². The standard InChI is InChI=1S/C22H23O5P/c1-22(27-28(23,24)25,19-11-4-2-5-12-19)21-15-9-8-10-18(21)16-17-26-20-13-6-3-7-14-20/h2-15H,16-17H2,1H3,(H2,23,24,25). The first-order valence-electron chi connectivity index (χ1n) is 8.96. The Morgan fingerprint density at radius 1 is 0.857 bits per heavy atom. The first-order valence-corrected chi connectivity index (χ1v) is 10.5. The van der Waals surface area contributed by atoms with E-state index in [-0.39, 0.29) is 0 Å². The van der Waals surface area contributed by atoms with Gasteiger partial charge in [0.2, 0.25) is 0 Å². The van der Waals surface area contributed by atoms with Gasteiger partial charge >= 0.3 is 7.82 Å². The Labute approximate surface area is 164 Å². The van der Waals surface area contributed by atoms with Crippen molar-refractivity contribution in [1.29, 1.82) is 0 Å². The molecule has 0 aliphatic rings. The molecule has 3 rings (SSSR count). The molecule has 0 radical (unpaired) electrons. The van der Waals surface area contributed by atoms with Crippen molar-refractivity contribution in [3.8, 4) is 5.75 Å². The Hall–Kier alpha value is -2.43. The Bertz CT molecular complexity index is 939. The largest absolute Gasteiger partial charge is 0.493 e. The lowest BCUT2D eigenvalue weighted by Gasteiger charge is -2.32. The lowest BCUT2D eigenvalue weighted by atomic mass is 9.84. The Kier molecular flexibility index (Phi) is 6.32. The van der Waals surface area contributed by atoms with E-state index in [2.05, 4.69) is 0 Å². The second-order valence-corrected chi connectivity index (χ2v) is 7.71. The highest BCUT2D eigenvalue weighted by Crippen LogP contribution is 2.49. The van der Waals surface area contributed by atoms with Crippen LogP contribution in [0.1, 0.15) is 23.6 Å². The van der Waals surface area contributed by atoms with Crippen molar-refractivity contribution < 1.29 is 23.6 Å². The molecule has 146 valence electrons. The Balaban J connectivity index is 1.91. The zero-order valence-electron chi connectivity index (χ0n) is 15.6. The van der Waals surface area contributed by atoms with Crippen LogP contribution in [0.4, 0.5) is 0 Å². The molecule has 0 spiro atoms. The zero-order chi connectivity index (χ0) is 20.0. The fourth-order valence-corrected chi connectivity index (χ4v) is 3.93. The van der Waals surface area contributed by atoms with Crippen LogP contribution in [0.2, 0.25) is 0 Å². The molecule has 0 aliphatic carbocycles. The lowest BCUT2D eigenvalue weighted by molar-refractivity contribution is 0.0800. The fourth-order valence-electron chi connectivity index (χ4n) is 3.25. The Morgan fingerprint density at radius 3 is 2.07 bits per heavy atom. The maximum absolute atomic E-state index is 11.8. The monoisotopic (exact) mass is 398 g/mol. The minimum absolute atomic E-state index is 0.432. The van der Waals surface area contributed by atoms with E-state index in [0.717, 1.165) is 11.3 Å². The topological polar surface area (TPSA) is 76.0 Å². The number of phosphoric ester groups is 1. The molecule has 0 heterocycles. The van der Waals surface area contributed by atoms with Gasteiger partial charge in [-0.25, -0.2) is 4.57 Å². The van der Waals surface area contributed by atoms with Gasteiger partial charge < -0.3 is 14.5 Å². The number of ether oxygens (including phenoxy) is 1. The zero-order valence-corrected chi connectivity index (χ0v) is 16.5. The summed E-state index contributed by atoms with van der Waals surface area (Å²) in [5, 5.41) is 0. The predicted octanol–water partition coefficient (Wildman–Crippen LogP) is 4.68. The highest BCUT2D eigenvalue weighted by molar-refractivity contribution is 7.46. The molecule has 2 N–H and O–H groups in total. The van der Waals surface area contributed by atoms with Gasteiger partial charge in [0, 0.05) is 6.42 Å². The van der Waals surface area contributed by atoms with Gasteiger partial charge in [-0.3, -0.25) is 4.52 Å². The second kappa shape index (κ2) is 8.72. The van der Waals surface area contributed by atoms with Crippen molar-refractivity contribution in [1.82, 2.24) is 0 Å². The molecule has 3 aromatic carbocycles. The van der Waals surface area contributed by atoms with Gasteiger partial charge in [-0.2, -0.15) is 0 Å². The van der Waals surface area contributed by atoms with Crippen LogP contribution in [-0.4, -0.2) is 16.4 Å². The van der Waals surface area contributed by atoms with Crippen LogP contribution in [0.25, 0.3) is 0 Å². The summed E-state index contributed by atoms with van der Waals surface area (Å²) in [6, 6.07) is 26.1. The third-order valence-corrected chi connectivity index (χ3v) is 5.14. The summed E-state index contributed by atoms with van der Waals surface area (Å²) in [6.07, 6.45) is 0.567. The number of phosphoric acid groups is 1. The molecule has 1 atom stereocenters. The quantitative estimate of drug-likeness (QED) is 0.539. The molecule has 0 fully saturated rings. The van der Waals surface area contributed by atoms with E-state index in [1.54, 1.807) is 19.1 Å². The van der Waals surface area contributed by atoms with E-state index in [1.165, 1.54) is 0 Å². The third kappa shape index (κ3) is 5.09.